The highest BCUT2D eigenvalue weighted by molar-refractivity contribution is 9.10. The molecular weight excluding hydrogens is 333 g/mol. The average Bonchev–Trinajstić information content (AvgIpc) is 2.76. The fourth-order valence-electron chi connectivity index (χ4n) is 2.35. The van der Waals surface area contributed by atoms with Crippen molar-refractivity contribution in [2.45, 2.75) is 46.1 Å². The van der Waals surface area contributed by atoms with Crippen LogP contribution in [0.3, 0.4) is 0 Å². The predicted molar refractivity (Wildman–Crippen MR) is 88.7 cm³/mol. The van der Waals surface area contributed by atoms with Crippen molar-refractivity contribution in [3.63, 3.8) is 0 Å². The van der Waals surface area contributed by atoms with Crippen LogP contribution < -0.4 is 5.73 Å². The number of nitrogens with zero attached hydrogens (tertiary/aromatic N) is 2. The van der Waals surface area contributed by atoms with Crippen LogP contribution in [0.4, 0.5) is 10.2 Å². The highest BCUT2D eigenvalue weighted by Crippen LogP contribution is 2.34. The number of aromatic nitrogens is 2. The zero-order valence-corrected chi connectivity index (χ0v) is 14.2. The summed E-state index contributed by atoms with van der Waals surface area (Å²) in [5, 5.41) is 0. The number of benzene rings is 1. The summed E-state index contributed by atoms with van der Waals surface area (Å²) in [7, 11) is 0. The summed E-state index contributed by atoms with van der Waals surface area (Å²) in [4.78, 5) is 4.68. The number of nitrogens with two attached hydrogens (primary N) is 1. The molecule has 1 heterocycles. The topological polar surface area (TPSA) is 43.8 Å². The van der Waals surface area contributed by atoms with Crippen molar-refractivity contribution in [2.75, 3.05) is 5.73 Å². The van der Waals surface area contributed by atoms with Crippen LogP contribution in [0.15, 0.2) is 22.7 Å². The summed E-state index contributed by atoms with van der Waals surface area (Å²) in [6.45, 7) is 7.17. The standard InChI is InChI=1S/C16H21BrFN3/c1-4-5-8-21-15(19)14(20-16(21)10(2)3)12-9-11(18)6-7-13(12)17/h6-7,9-10H,4-5,8,19H2,1-3H3. The maximum Gasteiger partial charge on any atom is 0.131 e. The van der Waals surface area contributed by atoms with Crippen LogP contribution >= 0.6 is 15.9 Å². The van der Waals surface area contributed by atoms with Gasteiger partial charge in [-0.1, -0.05) is 43.1 Å². The van der Waals surface area contributed by atoms with E-state index in [-0.39, 0.29) is 11.7 Å². The van der Waals surface area contributed by atoms with Gasteiger partial charge in [0.15, 0.2) is 0 Å². The Hall–Kier alpha value is -1.36. The van der Waals surface area contributed by atoms with Gasteiger partial charge in [0.1, 0.15) is 23.2 Å². The van der Waals surface area contributed by atoms with Gasteiger partial charge >= 0.3 is 0 Å². The molecule has 0 unspecified atom stereocenters. The van der Waals surface area contributed by atoms with Gasteiger partial charge in [0.05, 0.1) is 0 Å². The zero-order chi connectivity index (χ0) is 15.6. The molecule has 0 spiro atoms. The van der Waals surface area contributed by atoms with E-state index in [2.05, 4.69) is 46.3 Å². The molecule has 2 aromatic rings. The number of rotatable bonds is 5. The van der Waals surface area contributed by atoms with Crippen LogP contribution in [-0.4, -0.2) is 9.55 Å². The molecular formula is C16H21BrFN3. The summed E-state index contributed by atoms with van der Waals surface area (Å²) in [6.07, 6.45) is 2.14. The van der Waals surface area contributed by atoms with Crippen molar-refractivity contribution in [3.8, 4) is 11.3 Å². The fraction of sp³-hybridized carbons (Fsp3) is 0.438. The Morgan fingerprint density at radius 3 is 2.71 bits per heavy atom. The minimum absolute atomic E-state index is 0.269. The molecule has 0 amide bonds. The van der Waals surface area contributed by atoms with Crippen molar-refractivity contribution in [2.24, 2.45) is 0 Å². The summed E-state index contributed by atoms with van der Waals surface area (Å²) in [6, 6.07) is 4.57. The van der Waals surface area contributed by atoms with Gasteiger partial charge in [-0.25, -0.2) is 9.37 Å². The smallest absolute Gasteiger partial charge is 0.131 e. The van der Waals surface area contributed by atoms with Crippen LogP contribution in [0.25, 0.3) is 11.3 Å². The number of halogens is 2. The molecule has 1 aromatic heterocycles. The van der Waals surface area contributed by atoms with Crippen LogP contribution in [0.1, 0.15) is 45.4 Å². The minimum Gasteiger partial charge on any atom is -0.383 e. The van der Waals surface area contributed by atoms with E-state index in [4.69, 9.17) is 5.73 Å². The van der Waals surface area contributed by atoms with Crippen LogP contribution in [0.5, 0.6) is 0 Å². The van der Waals surface area contributed by atoms with Gasteiger partial charge in [0.25, 0.3) is 0 Å². The minimum atomic E-state index is -0.290. The van der Waals surface area contributed by atoms with Crippen LogP contribution in [0.2, 0.25) is 0 Å². The molecule has 0 aliphatic rings. The molecule has 1 aromatic carbocycles. The van der Waals surface area contributed by atoms with Crippen LogP contribution in [-0.2, 0) is 6.54 Å². The lowest BCUT2D eigenvalue weighted by molar-refractivity contribution is 0.588. The molecule has 0 aliphatic heterocycles. The Morgan fingerprint density at radius 2 is 2.10 bits per heavy atom. The Kier molecular flexibility index (Phi) is 5.04. The van der Waals surface area contributed by atoms with Crippen molar-refractivity contribution in [1.82, 2.24) is 9.55 Å². The lowest BCUT2D eigenvalue weighted by Crippen LogP contribution is -2.08. The highest BCUT2D eigenvalue weighted by atomic mass is 79.9. The fourth-order valence-corrected chi connectivity index (χ4v) is 2.79. The summed E-state index contributed by atoms with van der Waals surface area (Å²) < 4.78 is 16.4. The molecule has 0 saturated heterocycles. The lowest BCUT2D eigenvalue weighted by Gasteiger charge is -2.11. The number of hydrogen-bond acceptors (Lipinski definition) is 2. The monoisotopic (exact) mass is 353 g/mol. The molecule has 0 bridgehead atoms. The second kappa shape index (κ2) is 6.60. The van der Waals surface area contributed by atoms with Gasteiger partial charge in [0, 0.05) is 22.5 Å². The molecule has 2 N–H and O–H groups in total. The first-order chi connectivity index (χ1) is 9.95. The highest BCUT2D eigenvalue weighted by Gasteiger charge is 2.19. The predicted octanol–water partition coefficient (Wildman–Crippen LogP) is 4.96. The number of imidazole rings is 1. The zero-order valence-electron chi connectivity index (χ0n) is 12.7. The summed E-state index contributed by atoms with van der Waals surface area (Å²) in [5.41, 5.74) is 7.64. The normalized spacial score (nSPS) is 11.3. The van der Waals surface area contributed by atoms with Gasteiger partial charge in [-0.2, -0.15) is 0 Å². The quantitative estimate of drug-likeness (QED) is 0.825. The van der Waals surface area contributed by atoms with E-state index < -0.39 is 0 Å². The molecule has 0 atom stereocenters. The molecule has 0 saturated carbocycles. The van der Waals surface area contributed by atoms with Crippen molar-refractivity contribution >= 4 is 21.7 Å². The van der Waals surface area contributed by atoms with Gasteiger partial charge < -0.3 is 10.3 Å². The first kappa shape index (κ1) is 16.0. The Morgan fingerprint density at radius 1 is 1.38 bits per heavy atom. The van der Waals surface area contributed by atoms with E-state index >= 15 is 0 Å². The SMILES string of the molecule is CCCCn1c(C(C)C)nc(-c2cc(F)ccc2Br)c1N. The average molecular weight is 354 g/mol. The molecule has 21 heavy (non-hydrogen) atoms. The Labute approximate surface area is 133 Å². The molecule has 0 radical (unpaired) electrons. The third-order valence-corrected chi connectivity index (χ3v) is 4.16. The van der Waals surface area contributed by atoms with Crippen LogP contribution in [0, 0.1) is 5.82 Å². The maximum absolute atomic E-state index is 13.5. The van der Waals surface area contributed by atoms with Crippen molar-refractivity contribution in [1.29, 1.82) is 0 Å². The van der Waals surface area contributed by atoms with Gasteiger partial charge in [-0.05, 0) is 24.6 Å². The molecule has 114 valence electrons. The third kappa shape index (κ3) is 3.28. The van der Waals surface area contributed by atoms with E-state index in [1.807, 2.05) is 0 Å². The first-order valence-electron chi connectivity index (χ1n) is 7.27. The molecule has 3 nitrogen and oxygen atoms in total. The number of hydrogen-bond donors (Lipinski definition) is 1. The van der Waals surface area contributed by atoms with Crippen molar-refractivity contribution < 1.29 is 4.39 Å². The molecule has 5 heteroatoms. The van der Waals surface area contributed by atoms with Crippen molar-refractivity contribution in [3.05, 3.63) is 34.3 Å². The number of anilines is 1. The number of unbranched alkanes of at least 4 members (excludes halogenated alkanes) is 1. The maximum atomic E-state index is 13.5. The van der Waals surface area contributed by atoms with E-state index in [9.17, 15) is 4.39 Å². The Bertz CT molecular complexity index is 635. The summed E-state index contributed by atoms with van der Waals surface area (Å²) >= 11 is 3.45. The van der Waals surface area contributed by atoms with E-state index in [1.54, 1.807) is 6.07 Å². The Balaban J connectivity index is 2.56. The van der Waals surface area contributed by atoms with Gasteiger partial charge in [-0.15, -0.1) is 0 Å². The van der Waals surface area contributed by atoms with E-state index in [1.165, 1.54) is 12.1 Å². The second-order valence-electron chi connectivity index (χ2n) is 5.49. The first-order valence-corrected chi connectivity index (χ1v) is 8.06. The third-order valence-electron chi connectivity index (χ3n) is 3.47. The van der Waals surface area contributed by atoms with E-state index in [0.29, 0.717) is 17.1 Å². The van der Waals surface area contributed by atoms with Gasteiger partial charge in [0.2, 0.25) is 0 Å². The lowest BCUT2D eigenvalue weighted by atomic mass is 10.1. The van der Waals surface area contributed by atoms with E-state index in [0.717, 1.165) is 29.7 Å². The second-order valence-corrected chi connectivity index (χ2v) is 6.34. The molecule has 0 fully saturated rings. The largest absolute Gasteiger partial charge is 0.383 e. The molecule has 2 rings (SSSR count). The summed E-state index contributed by atoms with van der Waals surface area (Å²) in [5.74, 6) is 1.54. The van der Waals surface area contributed by atoms with Gasteiger partial charge in [-0.3, -0.25) is 0 Å². The molecule has 0 aliphatic carbocycles. The number of nitrogen functional groups attached to an aromatic ring is 1.